The van der Waals surface area contributed by atoms with Crippen molar-refractivity contribution in [2.45, 2.75) is 71.0 Å². The van der Waals surface area contributed by atoms with E-state index in [1.807, 2.05) is 11.8 Å². The number of aromatic amines is 1. The number of piperazine rings is 1. The second-order valence-electron chi connectivity index (χ2n) is 9.10. The minimum Gasteiger partial charge on any atom is -0.350 e. The lowest BCUT2D eigenvalue weighted by Gasteiger charge is -2.46. The van der Waals surface area contributed by atoms with Crippen LogP contribution in [-0.2, 0) is 4.79 Å². The highest BCUT2D eigenvalue weighted by atomic mass is 19.1. The van der Waals surface area contributed by atoms with Crippen LogP contribution in [0.2, 0.25) is 0 Å². The SMILES string of the molecule is CC[C@H]1CN([C@H]2CCC[C@@H](NC(=O)c3cc4c(F)ccc(C)c4[nH]3)C2)CCN1C(C)=O. The zero-order valence-corrected chi connectivity index (χ0v) is 18.7. The number of carbonyl (C=O) groups excluding carboxylic acids is 2. The van der Waals surface area contributed by atoms with Gasteiger partial charge in [0.1, 0.15) is 11.5 Å². The summed E-state index contributed by atoms with van der Waals surface area (Å²) in [5, 5.41) is 3.63. The summed E-state index contributed by atoms with van der Waals surface area (Å²) in [5.74, 6) is -0.331. The second kappa shape index (κ2) is 8.99. The predicted octanol–water partition coefficient (Wildman–Crippen LogP) is 3.60. The molecule has 1 aromatic carbocycles. The maximum absolute atomic E-state index is 14.1. The molecule has 2 amide bonds. The molecular formula is C24H33FN4O2. The van der Waals surface area contributed by atoms with Gasteiger partial charge in [-0.1, -0.05) is 13.0 Å². The molecule has 0 bridgehead atoms. The highest BCUT2D eigenvalue weighted by Crippen LogP contribution is 2.27. The minimum absolute atomic E-state index is 0.106. The first-order valence-corrected chi connectivity index (χ1v) is 11.5. The number of amides is 2. The van der Waals surface area contributed by atoms with Crippen LogP contribution in [0.1, 0.15) is 62.0 Å². The fourth-order valence-electron chi connectivity index (χ4n) is 5.31. The van der Waals surface area contributed by atoms with E-state index < -0.39 is 0 Å². The molecule has 1 saturated heterocycles. The van der Waals surface area contributed by atoms with Crippen LogP contribution in [0, 0.1) is 12.7 Å². The lowest BCUT2D eigenvalue weighted by Crippen LogP contribution is -2.58. The molecule has 6 nitrogen and oxygen atoms in total. The summed E-state index contributed by atoms with van der Waals surface area (Å²) in [6, 6.07) is 5.57. The quantitative estimate of drug-likeness (QED) is 0.782. The summed E-state index contributed by atoms with van der Waals surface area (Å²) in [6.45, 7) is 8.27. The van der Waals surface area contributed by atoms with Gasteiger partial charge in [0, 0.05) is 50.1 Å². The summed E-state index contributed by atoms with van der Waals surface area (Å²) in [4.78, 5) is 32.4. The van der Waals surface area contributed by atoms with Gasteiger partial charge in [-0.05, 0) is 56.7 Å². The number of carbonyl (C=O) groups is 2. The van der Waals surface area contributed by atoms with Crippen molar-refractivity contribution in [3.8, 4) is 0 Å². The number of H-pyrrole nitrogens is 1. The second-order valence-corrected chi connectivity index (χ2v) is 9.10. The van der Waals surface area contributed by atoms with E-state index in [4.69, 9.17) is 0 Å². The third-order valence-corrected chi connectivity index (χ3v) is 7.08. The zero-order chi connectivity index (χ0) is 22.1. The number of rotatable bonds is 4. The largest absolute Gasteiger partial charge is 0.350 e. The summed E-state index contributed by atoms with van der Waals surface area (Å²) in [7, 11) is 0. The van der Waals surface area contributed by atoms with Gasteiger partial charge in [-0.25, -0.2) is 4.39 Å². The van der Waals surface area contributed by atoms with Crippen molar-refractivity contribution >= 4 is 22.7 Å². The first-order valence-electron chi connectivity index (χ1n) is 11.5. The molecule has 3 atom stereocenters. The van der Waals surface area contributed by atoms with Gasteiger partial charge in [0.15, 0.2) is 0 Å². The molecule has 1 aromatic heterocycles. The van der Waals surface area contributed by atoms with Gasteiger partial charge in [0.05, 0.1) is 5.52 Å². The van der Waals surface area contributed by atoms with Crippen LogP contribution in [0.15, 0.2) is 18.2 Å². The summed E-state index contributed by atoms with van der Waals surface area (Å²) in [6.07, 6.45) is 5.02. The molecule has 2 N–H and O–H groups in total. The van der Waals surface area contributed by atoms with Crippen molar-refractivity contribution in [1.82, 2.24) is 20.1 Å². The fourth-order valence-corrected chi connectivity index (χ4v) is 5.31. The highest BCUT2D eigenvalue weighted by molar-refractivity contribution is 5.99. The van der Waals surface area contributed by atoms with Gasteiger partial charge in [0.2, 0.25) is 5.91 Å². The summed E-state index contributed by atoms with van der Waals surface area (Å²) in [5.41, 5.74) is 2.01. The Bertz CT molecular complexity index is 933. The van der Waals surface area contributed by atoms with Crippen molar-refractivity contribution in [2.75, 3.05) is 19.6 Å². The monoisotopic (exact) mass is 428 g/mol. The van der Waals surface area contributed by atoms with Gasteiger partial charge in [-0.2, -0.15) is 0 Å². The van der Waals surface area contributed by atoms with Gasteiger partial charge in [-0.15, -0.1) is 0 Å². The Balaban J connectivity index is 1.40. The van der Waals surface area contributed by atoms with Crippen LogP contribution in [0.25, 0.3) is 10.9 Å². The van der Waals surface area contributed by atoms with E-state index in [1.165, 1.54) is 6.07 Å². The number of hydrogen-bond donors (Lipinski definition) is 2. The molecule has 1 aliphatic heterocycles. The molecule has 1 saturated carbocycles. The van der Waals surface area contributed by atoms with E-state index in [2.05, 4.69) is 22.1 Å². The molecular weight excluding hydrogens is 395 g/mol. The van der Waals surface area contributed by atoms with Crippen molar-refractivity contribution in [2.24, 2.45) is 0 Å². The maximum atomic E-state index is 14.1. The molecule has 0 unspecified atom stereocenters. The number of halogens is 1. The molecule has 2 aliphatic rings. The third-order valence-electron chi connectivity index (χ3n) is 7.08. The van der Waals surface area contributed by atoms with E-state index in [9.17, 15) is 14.0 Å². The Labute approximate surface area is 183 Å². The average molecular weight is 429 g/mol. The van der Waals surface area contributed by atoms with E-state index in [0.717, 1.165) is 57.3 Å². The van der Waals surface area contributed by atoms with Crippen LogP contribution >= 0.6 is 0 Å². The topological polar surface area (TPSA) is 68.4 Å². The number of fused-ring (bicyclic) bond motifs is 1. The van der Waals surface area contributed by atoms with Crippen molar-refractivity contribution in [3.05, 3.63) is 35.3 Å². The Morgan fingerprint density at radius 1 is 1.26 bits per heavy atom. The Hall–Kier alpha value is -2.41. The van der Waals surface area contributed by atoms with Crippen LogP contribution in [0.5, 0.6) is 0 Å². The molecule has 1 aliphatic carbocycles. The number of hydrogen-bond acceptors (Lipinski definition) is 3. The van der Waals surface area contributed by atoms with Crippen LogP contribution < -0.4 is 5.32 Å². The Morgan fingerprint density at radius 3 is 2.77 bits per heavy atom. The van der Waals surface area contributed by atoms with Crippen molar-refractivity contribution in [3.63, 3.8) is 0 Å². The van der Waals surface area contributed by atoms with E-state index in [1.54, 1.807) is 19.1 Å². The molecule has 0 radical (unpaired) electrons. The molecule has 2 heterocycles. The lowest BCUT2D eigenvalue weighted by atomic mass is 9.89. The van der Waals surface area contributed by atoms with Crippen LogP contribution in [0.3, 0.4) is 0 Å². The molecule has 0 spiro atoms. The average Bonchev–Trinajstić information content (AvgIpc) is 3.23. The fraction of sp³-hybridized carbons (Fsp3) is 0.583. The minimum atomic E-state index is -0.316. The van der Waals surface area contributed by atoms with Crippen LogP contribution in [-0.4, -0.2) is 64.4 Å². The highest BCUT2D eigenvalue weighted by Gasteiger charge is 2.34. The standard InChI is InChI=1S/C24H33FN4O2/c1-4-18-14-28(10-11-29(18)16(3)30)19-7-5-6-17(12-19)26-24(31)22-13-20-21(25)9-8-15(2)23(20)27-22/h8-9,13,17-19,27H,4-7,10-12,14H2,1-3H3,(H,26,31)/t17-,18+,19+/m1/s1. The van der Waals surface area contributed by atoms with Crippen molar-refractivity contribution in [1.29, 1.82) is 0 Å². The lowest BCUT2D eigenvalue weighted by molar-refractivity contribution is -0.134. The van der Waals surface area contributed by atoms with E-state index in [-0.39, 0.29) is 29.7 Å². The molecule has 2 fully saturated rings. The first kappa shape index (κ1) is 21.8. The smallest absolute Gasteiger partial charge is 0.267 e. The summed E-state index contributed by atoms with van der Waals surface area (Å²) < 4.78 is 14.1. The number of nitrogens with zero attached hydrogens (tertiary/aromatic N) is 2. The molecule has 31 heavy (non-hydrogen) atoms. The number of aryl methyl sites for hydroxylation is 1. The number of nitrogens with one attached hydrogen (secondary N) is 2. The first-order chi connectivity index (χ1) is 14.9. The normalized spacial score (nSPS) is 25.0. The van der Waals surface area contributed by atoms with Crippen molar-refractivity contribution < 1.29 is 14.0 Å². The molecule has 4 rings (SSSR count). The van der Waals surface area contributed by atoms with E-state index in [0.29, 0.717) is 22.6 Å². The van der Waals surface area contributed by atoms with Gasteiger partial charge >= 0.3 is 0 Å². The van der Waals surface area contributed by atoms with Crippen LogP contribution in [0.4, 0.5) is 4.39 Å². The van der Waals surface area contributed by atoms with Gasteiger partial charge in [-0.3, -0.25) is 14.5 Å². The predicted molar refractivity (Wildman–Crippen MR) is 120 cm³/mol. The Morgan fingerprint density at radius 2 is 2.06 bits per heavy atom. The van der Waals surface area contributed by atoms with E-state index >= 15 is 0 Å². The molecule has 7 heteroatoms. The molecule has 168 valence electrons. The third kappa shape index (κ3) is 4.47. The Kier molecular flexibility index (Phi) is 6.32. The summed E-state index contributed by atoms with van der Waals surface area (Å²) >= 11 is 0. The van der Waals surface area contributed by atoms with Gasteiger partial charge in [0.25, 0.3) is 5.91 Å². The zero-order valence-electron chi connectivity index (χ0n) is 18.7. The molecule has 2 aromatic rings. The number of benzene rings is 1. The van der Waals surface area contributed by atoms with Gasteiger partial charge < -0.3 is 15.2 Å². The maximum Gasteiger partial charge on any atom is 0.267 e. The number of aromatic nitrogens is 1.